The second-order valence-electron chi connectivity index (χ2n) is 11.0. The van der Waals surface area contributed by atoms with Crippen molar-refractivity contribution in [2.45, 2.75) is 69.1 Å². The molecule has 3 atom stereocenters. The molecule has 2 aromatic rings. The molecule has 2 aliphatic heterocycles. The van der Waals surface area contributed by atoms with E-state index in [1.165, 1.54) is 29.5 Å². The van der Waals surface area contributed by atoms with E-state index in [9.17, 15) is 10.2 Å². The molecule has 3 heterocycles. The van der Waals surface area contributed by atoms with Crippen LogP contribution in [0.2, 0.25) is 0 Å². The standard InChI is InChI=1S/C27H37N3O2/c1-20-6-10-29(18-20)15-14-28-11-7-26-8-13-30(19-21-2-3-21)25(27(26,32)9-12-28)16-22-4-5-23(31)17-24(22)26/h4-6,10,17-18,21,25,31-32H,2-3,7-9,11-16,19H2,1H3. The third-order valence-electron chi connectivity index (χ3n) is 9.10. The van der Waals surface area contributed by atoms with Gasteiger partial charge in [0.15, 0.2) is 0 Å². The molecule has 1 aromatic heterocycles. The van der Waals surface area contributed by atoms with Crippen molar-refractivity contribution in [3.63, 3.8) is 0 Å². The highest BCUT2D eigenvalue weighted by Crippen LogP contribution is 2.56. The number of likely N-dealkylation sites (tertiary alicyclic amines) is 2. The number of hydrogen-bond acceptors (Lipinski definition) is 4. The van der Waals surface area contributed by atoms with Gasteiger partial charge in [-0.2, -0.15) is 0 Å². The Morgan fingerprint density at radius 2 is 1.84 bits per heavy atom. The van der Waals surface area contributed by atoms with Crippen molar-refractivity contribution in [1.29, 1.82) is 0 Å². The summed E-state index contributed by atoms with van der Waals surface area (Å²) in [6.07, 6.45) is 10.8. The summed E-state index contributed by atoms with van der Waals surface area (Å²) < 4.78 is 2.28. The van der Waals surface area contributed by atoms with Crippen LogP contribution in [-0.4, -0.2) is 68.9 Å². The van der Waals surface area contributed by atoms with Gasteiger partial charge in [-0.25, -0.2) is 0 Å². The van der Waals surface area contributed by atoms with E-state index in [2.05, 4.69) is 45.8 Å². The molecular formula is C27H37N3O2. The molecule has 6 rings (SSSR count). The second-order valence-corrected chi connectivity index (χ2v) is 11.0. The first-order valence-corrected chi connectivity index (χ1v) is 12.6. The van der Waals surface area contributed by atoms with Gasteiger partial charge in [-0.3, -0.25) is 4.90 Å². The van der Waals surface area contributed by atoms with Gasteiger partial charge in [0, 0.05) is 50.0 Å². The van der Waals surface area contributed by atoms with Gasteiger partial charge in [0.05, 0.1) is 5.60 Å². The van der Waals surface area contributed by atoms with Gasteiger partial charge in [-0.15, -0.1) is 0 Å². The zero-order valence-electron chi connectivity index (χ0n) is 19.3. The zero-order valence-corrected chi connectivity index (χ0v) is 19.3. The lowest BCUT2D eigenvalue weighted by Crippen LogP contribution is -2.71. The fourth-order valence-electron chi connectivity index (χ4n) is 7.09. The predicted molar refractivity (Wildman–Crippen MR) is 126 cm³/mol. The minimum Gasteiger partial charge on any atom is -0.508 e. The molecule has 172 valence electrons. The highest BCUT2D eigenvalue weighted by atomic mass is 16.3. The Balaban J connectivity index is 1.31. The smallest absolute Gasteiger partial charge is 0.115 e. The molecule has 2 bridgehead atoms. The van der Waals surface area contributed by atoms with Crippen molar-refractivity contribution in [2.75, 3.05) is 32.7 Å². The summed E-state index contributed by atoms with van der Waals surface area (Å²) in [5.74, 6) is 1.17. The molecule has 0 radical (unpaired) electrons. The topological polar surface area (TPSA) is 51.9 Å². The van der Waals surface area contributed by atoms with E-state index in [0.29, 0.717) is 5.75 Å². The number of phenols is 1. The maximum Gasteiger partial charge on any atom is 0.115 e. The lowest BCUT2D eigenvalue weighted by Gasteiger charge is -2.61. The number of aromatic nitrogens is 1. The zero-order chi connectivity index (χ0) is 21.9. The number of phenolic OH excluding ortho intramolecular Hbond substituents is 1. The first-order chi connectivity index (χ1) is 15.5. The third-order valence-corrected chi connectivity index (χ3v) is 9.10. The highest BCUT2D eigenvalue weighted by molar-refractivity contribution is 5.48. The predicted octanol–water partition coefficient (Wildman–Crippen LogP) is 3.31. The minimum atomic E-state index is -0.722. The Hall–Kier alpha value is -1.82. The molecule has 32 heavy (non-hydrogen) atoms. The minimum absolute atomic E-state index is 0.195. The molecule has 5 nitrogen and oxygen atoms in total. The molecule has 5 heteroatoms. The highest BCUT2D eigenvalue weighted by Gasteiger charge is 2.63. The molecule has 2 N–H and O–H groups in total. The van der Waals surface area contributed by atoms with E-state index >= 15 is 0 Å². The first-order valence-electron chi connectivity index (χ1n) is 12.6. The van der Waals surface area contributed by atoms with E-state index in [0.717, 1.165) is 70.9 Å². The van der Waals surface area contributed by atoms with E-state index in [1.807, 2.05) is 12.1 Å². The lowest BCUT2D eigenvalue weighted by molar-refractivity contribution is -0.149. The molecule has 3 unspecified atom stereocenters. The van der Waals surface area contributed by atoms with Crippen molar-refractivity contribution >= 4 is 0 Å². The van der Waals surface area contributed by atoms with Gasteiger partial charge < -0.3 is 19.7 Å². The molecule has 0 spiro atoms. The fraction of sp³-hybridized carbons (Fsp3) is 0.630. The largest absolute Gasteiger partial charge is 0.508 e. The number of aliphatic hydroxyl groups is 1. The Labute approximate surface area is 191 Å². The maximum atomic E-state index is 12.5. The van der Waals surface area contributed by atoms with Gasteiger partial charge >= 0.3 is 0 Å². The van der Waals surface area contributed by atoms with E-state index < -0.39 is 5.60 Å². The number of rotatable bonds is 5. The number of aryl methyl sites for hydroxylation is 1. The fourth-order valence-corrected chi connectivity index (χ4v) is 7.09. The Kier molecular flexibility index (Phi) is 4.94. The average Bonchev–Trinajstić information content (AvgIpc) is 3.52. The third kappa shape index (κ3) is 3.32. The molecule has 1 aromatic carbocycles. The normalized spacial score (nSPS) is 32.9. The molecule has 0 amide bonds. The van der Waals surface area contributed by atoms with E-state index in [4.69, 9.17) is 0 Å². The van der Waals surface area contributed by atoms with E-state index in [-0.39, 0.29) is 11.5 Å². The van der Waals surface area contributed by atoms with Gasteiger partial charge in [0.2, 0.25) is 0 Å². The monoisotopic (exact) mass is 435 g/mol. The van der Waals surface area contributed by atoms with Gasteiger partial charge in [-0.05, 0) is 99.3 Å². The second kappa shape index (κ2) is 7.61. The summed E-state index contributed by atoms with van der Waals surface area (Å²) in [6, 6.07) is 8.30. The van der Waals surface area contributed by atoms with Crippen molar-refractivity contribution in [3.05, 3.63) is 53.3 Å². The number of aromatic hydroxyl groups is 1. The average molecular weight is 436 g/mol. The molecule has 2 aliphatic carbocycles. The van der Waals surface area contributed by atoms with Crippen molar-refractivity contribution < 1.29 is 10.2 Å². The number of piperidine rings is 1. The van der Waals surface area contributed by atoms with Crippen LogP contribution in [0.5, 0.6) is 5.75 Å². The Morgan fingerprint density at radius 1 is 1.03 bits per heavy atom. The van der Waals surface area contributed by atoms with Gasteiger partial charge in [-0.1, -0.05) is 6.07 Å². The van der Waals surface area contributed by atoms with Crippen molar-refractivity contribution in [2.24, 2.45) is 5.92 Å². The van der Waals surface area contributed by atoms with Gasteiger partial charge in [0.1, 0.15) is 5.75 Å². The number of benzene rings is 1. The summed E-state index contributed by atoms with van der Waals surface area (Å²) >= 11 is 0. The van der Waals surface area contributed by atoms with Crippen LogP contribution in [0.15, 0.2) is 36.7 Å². The van der Waals surface area contributed by atoms with Crippen LogP contribution in [-0.2, 0) is 18.4 Å². The van der Waals surface area contributed by atoms with E-state index in [1.54, 1.807) is 0 Å². The summed E-state index contributed by atoms with van der Waals surface area (Å²) in [4.78, 5) is 5.19. The molecule has 4 aliphatic rings. The van der Waals surface area contributed by atoms with Crippen LogP contribution in [0.1, 0.15) is 48.8 Å². The summed E-state index contributed by atoms with van der Waals surface area (Å²) in [5.41, 5.74) is 2.91. The van der Waals surface area contributed by atoms with Gasteiger partial charge in [0.25, 0.3) is 0 Å². The Morgan fingerprint density at radius 3 is 2.62 bits per heavy atom. The van der Waals surface area contributed by atoms with Crippen LogP contribution in [0.3, 0.4) is 0 Å². The molecule has 1 saturated carbocycles. The van der Waals surface area contributed by atoms with Crippen LogP contribution in [0, 0.1) is 12.8 Å². The Bertz CT molecular complexity index is 999. The molecule has 2 saturated heterocycles. The maximum absolute atomic E-state index is 12.5. The number of nitrogens with zero attached hydrogens (tertiary/aromatic N) is 3. The summed E-state index contributed by atoms with van der Waals surface area (Å²) in [7, 11) is 0. The summed E-state index contributed by atoms with van der Waals surface area (Å²) in [5, 5.41) is 22.9. The SMILES string of the molecule is Cc1ccn(CCN2CCC34CCN(CC5CC5)C(Cc5ccc(O)cc53)C4(O)CC2)c1. The van der Waals surface area contributed by atoms with Crippen LogP contribution < -0.4 is 0 Å². The van der Waals surface area contributed by atoms with Crippen molar-refractivity contribution in [1.82, 2.24) is 14.4 Å². The molecule has 3 fully saturated rings. The molecular weight excluding hydrogens is 398 g/mol. The quantitative estimate of drug-likeness (QED) is 0.757. The first kappa shape index (κ1) is 20.8. The van der Waals surface area contributed by atoms with Crippen LogP contribution in [0.25, 0.3) is 0 Å². The van der Waals surface area contributed by atoms with Crippen molar-refractivity contribution in [3.8, 4) is 5.75 Å². The van der Waals surface area contributed by atoms with Crippen LogP contribution >= 0.6 is 0 Å². The number of fused-ring (bicyclic) bond motifs is 1. The van der Waals surface area contributed by atoms with Crippen LogP contribution in [0.4, 0.5) is 0 Å². The lowest BCUT2D eigenvalue weighted by atomic mass is 9.52. The number of hydrogen-bond donors (Lipinski definition) is 2. The summed E-state index contributed by atoms with van der Waals surface area (Å²) in [6.45, 7) is 8.32.